The number of alkyl halides is 3. The van der Waals surface area contributed by atoms with Crippen LogP contribution in [-0.4, -0.2) is 9.55 Å². The molecule has 0 radical (unpaired) electrons. The molecular weight excluding hydrogens is 356 g/mol. The summed E-state index contributed by atoms with van der Waals surface area (Å²) in [4.78, 5) is 4.39. The average molecular weight is 368 g/mol. The van der Waals surface area contributed by atoms with Gasteiger partial charge in [0.1, 0.15) is 5.82 Å². The monoisotopic (exact) mass is 368 g/mol. The highest BCUT2D eigenvalue weighted by atomic mass is 127. The molecule has 1 heterocycles. The van der Waals surface area contributed by atoms with Gasteiger partial charge in [-0.25, -0.2) is 4.98 Å². The number of hydrogen-bond acceptors (Lipinski definition) is 1. The van der Waals surface area contributed by atoms with Crippen LogP contribution in [0.15, 0.2) is 12.1 Å². The summed E-state index contributed by atoms with van der Waals surface area (Å²) in [6.45, 7) is 3.94. The molecule has 18 heavy (non-hydrogen) atoms. The molecule has 2 aromatic rings. The zero-order chi connectivity index (χ0) is 13.7. The van der Waals surface area contributed by atoms with Crippen molar-refractivity contribution in [2.45, 2.75) is 25.9 Å². The van der Waals surface area contributed by atoms with Crippen LogP contribution in [0.25, 0.3) is 11.0 Å². The molecule has 2 rings (SSSR count). The molecule has 2 nitrogen and oxygen atoms in total. The van der Waals surface area contributed by atoms with Gasteiger partial charge in [-0.05, 0) is 34.7 Å². The number of nitrogens with zero attached hydrogens (tertiary/aromatic N) is 2. The predicted octanol–water partition coefficient (Wildman–Crippen LogP) is 4.32. The van der Waals surface area contributed by atoms with Crippen LogP contribution in [0.3, 0.4) is 0 Å². The van der Waals surface area contributed by atoms with Gasteiger partial charge in [0.2, 0.25) is 0 Å². The van der Waals surface area contributed by atoms with Gasteiger partial charge in [0.05, 0.1) is 16.6 Å². The minimum atomic E-state index is -4.33. The Kier molecular flexibility index (Phi) is 3.33. The van der Waals surface area contributed by atoms with E-state index in [4.69, 9.17) is 0 Å². The molecule has 6 heteroatoms. The summed E-state index contributed by atoms with van der Waals surface area (Å²) in [6, 6.07) is 2.67. The van der Waals surface area contributed by atoms with Crippen molar-refractivity contribution in [2.75, 3.05) is 0 Å². The van der Waals surface area contributed by atoms with Gasteiger partial charge in [0, 0.05) is 16.5 Å². The van der Waals surface area contributed by atoms with E-state index in [1.54, 1.807) is 34.2 Å². The Bertz CT molecular complexity index is 599. The van der Waals surface area contributed by atoms with E-state index in [0.29, 0.717) is 11.0 Å². The third kappa shape index (κ3) is 2.22. The SMILES string of the molecule is CC(C)c1nc2cc(I)c(C(F)(F)F)cc2n1C. The van der Waals surface area contributed by atoms with Crippen LogP contribution in [0.5, 0.6) is 0 Å². The molecule has 0 spiro atoms. The van der Waals surface area contributed by atoms with Crippen molar-refractivity contribution in [1.82, 2.24) is 9.55 Å². The van der Waals surface area contributed by atoms with E-state index in [1.165, 1.54) is 12.1 Å². The van der Waals surface area contributed by atoms with Crippen molar-refractivity contribution < 1.29 is 13.2 Å². The predicted molar refractivity (Wildman–Crippen MR) is 72.5 cm³/mol. The molecule has 0 bridgehead atoms. The molecule has 0 atom stereocenters. The number of fused-ring (bicyclic) bond motifs is 1. The zero-order valence-corrected chi connectivity index (χ0v) is 12.3. The number of halogens is 4. The minimum Gasteiger partial charge on any atom is -0.331 e. The molecule has 0 amide bonds. The Hall–Kier alpha value is -0.790. The Balaban J connectivity index is 2.75. The van der Waals surface area contributed by atoms with E-state index in [2.05, 4.69) is 4.98 Å². The number of benzene rings is 1. The van der Waals surface area contributed by atoms with E-state index >= 15 is 0 Å². The van der Waals surface area contributed by atoms with Crippen LogP contribution in [-0.2, 0) is 13.2 Å². The van der Waals surface area contributed by atoms with Crippen molar-refractivity contribution in [3.05, 3.63) is 27.1 Å². The highest BCUT2D eigenvalue weighted by Gasteiger charge is 2.33. The third-order valence-electron chi connectivity index (χ3n) is 2.83. The van der Waals surface area contributed by atoms with Crippen LogP contribution < -0.4 is 0 Å². The molecule has 0 N–H and O–H groups in total. The lowest BCUT2D eigenvalue weighted by atomic mass is 10.2. The lowest BCUT2D eigenvalue weighted by Gasteiger charge is -2.09. The summed E-state index contributed by atoms with van der Waals surface area (Å²) in [6.07, 6.45) is -4.33. The molecule has 0 aliphatic rings. The summed E-state index contributed by atoms with van der Waals surface area (Å²) in [5.74, 6) is 0.967. The quantitative estimate of drug-likeness (QED) is 0.686. The number of imidazole rings is 1. The van der Waals surface area contributed by atoms with E-state index in [-0.39, 0.29) is 9.49 Å². The maximum atomic E-state index is 12.8. The van der Waals surface area contributed by atoms with Gasteiger partial charge in [-0.3, -0.25) is 0 Å². The van der Waals surface area contributed by atoms with Crippen molar-refractivity contribution in [3.8, 4) is 0 Å². The number of rotatable bonds is 1. The molecule has 0 saturated carbocycles. The number of aromatic nitrogens is 2. The maximum Gasteiger partial charge on any atom is 0.417 e. The number of aryl methyl sites for hydroxylation is 1. The van der Waals surface area contributed by atoms with Gasteiger partial charge >= 0.3 is 6.18 Å². The van der Waals surface area contributed by atoms with E-state index in [0.717, 1.165) is 5.82 Å². The van der Waals surface area contributed by atoms with Gasteiger partial charge < -0.3 is 4.57 Å². The smallest absolute Gasteiger partial charge is 0.331 e. The molecule has 0 saturated heterocycles. The lowest BCUT2D eigenvalue weighted by Crippen LogP contribution is -2.08. The fourth-order valence-corrected chi connectivity index (χ4v) is 2.72. The molecule has 98 valence electrons. The van der Waals surface area contributed by atoms with Gasteiger partial charge in [0.15, 0.2) is 0 Å². The minimum absolute atomic E-state index is 0.175. The summed E-state index contributed by atoms with van der Waals surface area (Å²) in [7, 11) is 1.75. The summed E-state index contributed by atoms with van der Waals surface area (Å²) in [5, 5.41) is 0. The van der Waals surface area contributed by atoms with Gasteiger partial charge in [-0.1, -0.05) is 13.8 Å². The summed E-state index contributed by atoms with van der Waals surface area (Å²) >= 11 is 1.70. The Morgan fingerprint density at radius 2 is 1.89 bits per heavy atom. The third-order valence-corrected chi connectivity index (χ3v) is 3.72. The first-order valence-electron chi connectivity index (χ1n) is 5.45. The van der Waals surface area contributed by atoms with E-state index in [9.17, 15) is 13.2 Å². The van der Waals surface area contributed by atoms with Crippen LogP contribution >= 0.6 is 22.6 Å². The molecule has 0 aliphatic heterocycles. The maximum absolute atomic E-state index is 12.8. The standard InChI is InChI=1S/C12H12F3IN2/c1-6(2)11-17-9-5-8(16)7(12(13,14)15)4-10(9)18(11)3/h4-6H,1-3H3. The Morgan fingerprint density at radius 1 is 1.28 bits per heavy atom. The van der Waals surface area contributed by atoms with Crippen LogP contribution in [0.4, 0.5) is 13.2 Å². The first-order valence-corrected chi connectivity index (χ1v) is 6.52. The van der Waals surface area contributed by atoms with E-state index in [1.807, 2.05) is 13.8 Å². The lowest BCUT2D eigenvalue weighted by molar-refractivity contribution is -0.138. The highest BCUT2D eigenvalue weighted by Crippen LogP contribution is 2.35. The van der Waals surface area contributed by atoms with Crippen molar-refractivity contribution in [3.63, 3.8) is 0 Å². The number of hydrogen-bond donors (Lipinski definition) is 0. The molecule has 1 aromatic heterocycles. The fraction of sp³-hybridized carbons (Fsp3) is 0.417. The normalized spacial score (nSPS) is 12.7. The first-order chi connectivity index (χ1) is 8.21. The van der Waals surface area contributed by atoms with Crippen LogP contribution in [0, 0.1) is 3.57 Å². The topological polar surface area (TPSA) is 17.8 Å². The van der Waals surface area contributed by atoms with Gasteiger partial charge in [0.25, 0.3) is 0 Å². The van der Waals surface area contributed by atoms with Crippen molar-refractivity contribution in [1.29, 1.82) is 0 Å². The van der Waals surface area contributed by atoms with Gasteiger partial charge in [-0.15, -0.1) is 0 Å². The first kappa shape index (κ1) is 13.6. The second-order valence-electron chi connectivity index (χ2n) is 4.50. The van der Waals surface area contributed by atoms with Gasteiger partial charge in [-0.2, -0.15) is 13.2 Å². The average Bonchev–Trinajstić information content (AvgIpc) is 2.53. The van der Waals surface area contributed by atoms with Crippen LogP contribution in [0.1, 0.15) is 31.2 Å². The molecule has 0 aliphatic carbocycles. The zero-order valence-electron chi connectivity index (χ0n) is 10.1. The van der Waals surface area contributed by atoms with Crippen LogP contribution in [0.2, 0.25) is 0 Å². The summed E-state index contributed by atoms with van der Waals surface area (Å²) in [5.41, 5.74) is 0.527. The second-order valence-corrected chi connectivity index (χ2v) is 5.66. The Labute approximate surface area is 116 Å². The van der Waals surface area contributed by atoms with E-state index < -0.39 is 11.7 Å². The fourth-order valence-electron chi connectivity index (χ4n) is 1.96. The summed E-state index contributed by atoms with van der Waals surface area (Å²) < 4.78 is 40.4. The Morgan fingerprint density at radius 3 is 2.39 bits per heavy atom. The second kappa shape index (κ2) is 4.40. The molecular formula is C12H12F3IN2. The molecule has 0 fully saturated rings. The molecule has 0 unspecified atom stereocenters. The van der Waals surface area contributed by atoms with Crippen molar-refractivity contribution in [2.24, 2.45) is 7.05 Å². The van der Waals surface area contributed by atoms with Crippen molar-refractivity contribution >= 4 is 33.6 Å². The highest BCUT2D eigenvalue weighted by molar-refractivity contribution is 14.1. The largest absolute Gasteiger partial charge is 0.417 e. The molecule has 1 aromatic carbocycles.